The highest BCUT2D eigenvalue weighted by molar-refractivity contribution is 7.58. The maximum absolute atomic E-state index is 11.8. The van der Waals surface area contributed by atoms with Gasteiger partial charge in [0.1, 0.15) is 11.4 Å². The Kier molecular flexibility index (Phi) is 3.83. The molecule has 0 saturated heterocycles. The third kappa shape index (κ3) is 3.01. The highest BCUT2D eigenvalue weighted by Gasteiger charge is 2.10. The van der Waals surface area contributed by atoms with E-state index >= 15 is 0 Å². The van der Waals surface area contributed by atoms with Crippen LogP contribution in [0, 0.1) is 0 Å². The lowest BCUT2D eigenvalue weighted by atomic mass is 10.1. The van der Waals surface area contributed by atoms with Crippen molar-refractivity contribution in [1.82, 2.24) is 5.32 Å². The summed E-state index contributed by atoms with van der Waals surface area (Å²) >= 11 is 1.10. The number of amides is 1. The van der Waals surface area contributed by atoms with Crippen LogP contribution < -0.4 is 5.32 Å². The van der Waals surface area contributed by atoms with Gasteiger partial charge in [-0.15, -0.1) is 0 Å². The van der Waals surface area contributed by atoms with Crippen LogP contribution >= 0.6 is 0 Å². The molecule has 6 nitrogen and oxygen atoms in total. The number of carboxylic acid groups (broad SMARTS) is 1. The van der Waals surface area contributed by atoms with Crippen molar-refractivity contribution in [3.63, 3.8) is 0 Å². The summed E-state index contributed by atoms with van der Waals surface area (Å²) in [7, 11) is 0. The fraction of sp³-hybridized carbons (Fsp3) is 0.273. The Morgan fingerprint density at radius 2 is 2.06 bits per heavy atom. The topological polar surface area (TPSA) is 91.1 Å². The predicted octanol–water partition coefficient (Wildman–Crippen LogP) is 2.01. The minimum Gasteiger partial charge on any atom is -0.481 e. The molecule has 1 aliphatic heterocycles. The van der Waals surface area contributed by atoms with E-state index in [0.717, 1.165) is 17.0 Å². The molecule has 0 aliphatic carbocycles. The lowest BCUT2D eigenvalue weighted by molar-refractivity contribution is -0.137. The highest BCUT2D eigenvalue weighted by Crippen LogP contribution is 2.31. The van der Waals surface area contributed by atoms with Crippen molar-refractivity contribution in [2.75, 3.05) is 6.54 Å². The first-order valence-electron chi connectivity index (χ1n) is 5.39. The van der Waals surface area contributed by atoms with Crippen LogP contribution in [0.25, 0.3) is 0 Å². The number of benzene rings is 1. The van der Waals surface area contributed by atoms with Crippen LogP contribution in [0.3, 0.4) is 0 Å². The van der Waals surface area contributed by atoms with Crippen LogP contribution in [0.5, 0.6) is 0 Å². The van der Waals surface area contributed by atoms with Crippen molar-refractivity contribution in [2.45, 2.75) is 12.8 Å². The molecule has 1 aromatic rings. The molecule has 1 amide bonds. The highest BCUT2D eigenvalue weighted by atomic mass is 32.1. The van der Waals surface area contributed by atoms with Gasteiger partial charge in [-0.3, -0.25) is 9.59 Å². The minimum atomic E-state index is -0.862. The first kappa shape index (κ1) is 12.4. The Morgan fingerprint density at radius 3 is 2.83 bits per heavy atom. The van der Waals surface area contributed by atoms with Crippen LogP contribution in [0.4, 0.5) is 11.4 Å². The van der Waals surface area contributed by atoms with E-state index in [1.165, 1.54) is 0 Å². The van der Waals surface area contributed by atoms with Gasteiger partial charge in [0, 0.05) is 18.5 Å². The number of aliphatic carboxylic acids is 1. The summed E-state index contributed by atoms with van der Waals surface area (Å²) in [5, 5.41) is 11.1. The minimum absolute atomic E-state index is 0.0509. The van der Waals surface area contributed by atoms with Crippen molar-refractivity contribution >= 4 is 34.6 Å². The number of rotatable bonds is 5. The Morgan fingerprint density at radius 1 is 1.28 bits per heavy atom. The van der Waals surface area contributed by atoms with Crippen molar-refractivity contribution in [3.8, 4) is 0 Å². The second kappa shape index (κ2) is 5.54. The standard InChI is InChI=1S/C11H11N3O3S/c15-10(16)2-1-5-12-11(17)7-3-4-8-9(6-7)14-18-13-8/h3-4,6H,1-2,5H2,(H,12,17)(H,15,16). The summed E-state index contributed by atoms with van der Waals surface area (Å²) in [5.74, 6) is -1.09. The SMILES string of the molecule is O=C(O)CCCNC(=O)c1ccc2c(c1)N=S=N2. The van der Waals surface area contributed by atoms with Gasteiger partial charge in [-0.1, -0.05) is 0 Å². The van der Waals surface area contributed by atoms with E-state index in [1.54, 1.807) is 18.2 Å². The van der Waals surface area contributed by atoms with Crippen molar-refractivity contribution < 1.29 is 14.7 Å². The molecule has 1 heterocycles. The van der Waals surface area contributed by atoms with Gasteiger partial charge >= 0.3 is 5.97 Å². The molecule has 0 fully saturated rings. The van der Waals surface area contributed by atoms with E-state index in [4.69, 9.17) is 5.11 Å². The molecule has 0 spiro atoms. The lowest BCUT2D eigenvalue weighted by Gasteiger charge is -2.04. The molecular formula is C11H11N3O3S. The van der Waals surface area contributed by atoms with Crippen LogP contribution in [-0.2, 0) is 16.1 Å². The smallest absolute Gasteiger partial charge is 0.303 e. The molecule has 0 bridgehead atoms. The monoisotopic (exact) mass is 265 g/mol. The quantitative estimate of drug-likeness (QED) is 0.810. The van der Waals surface area contributed by atoms with Gasteiger partial charge in [0.25, 0.3) is 5.91 Å². The predicted molar refractivity (Wildman–Crippen MR) is 67.2 cm³/mol. The molecular weight excluding hydrogens is 254 g/mol. The van der Waals surface area contributed by atoms with Gasteiger partial charge in [0.05, 0.1) is 11.4 Å². The van der Waals surface area contributed by atoms with Crippen molar-refractivity contribution in [1.29, 1.82) is 0 Å². The molecule has 7 heteroatoms. The van der Waals surface area contributed by atoms with Crippen LogP contribution in [-0.4, -0.2) is 23.5 Å². The average Bonchev–Trinajstić information content (AvgIpc) is 2.81. The number of nitrogens with one attached hydrogen (secondary N) is 1. The lowest BCUT2D eigenvalue weighted by Crippen LogP contribution is -2.24. The summed E-state index contributed by atoms with van der Waals surface area (Å²) < 4.78 is 8.10. The third-order valence-electron chi connectivity index (χ3n) is 2.37. The van der Waals surface area contributed by atoms with Gasteiger partial charge in [-0.05, 0) is 24.6 Å². The van der Waals surface area contributed by atoms with Gasteiger partial charge in [0.15, 0.2) is 0 Å². The Balaban J connectivity index is 1.90. The maximum atomic E-state index is 11.8. The van der Waals surface area contributed by atoms with E-state index < -0.39 is 5.97 Å². The van der Waals surface area contributed by atoms with Crippen molar-refractivity contribution in [2.24, 2.45) is 8.73 Å². The Bertz CT molecular complexity index is 565. The Hall–Kier alpha value is -2.02. The molecule has 0 atom stereocenters. The van der Waals surface area contributed by atoms with Gasteiger partial charge in [0.2, 0.25) is 0 Å². The van der Waals surface area contributed by atoms with E-state index in [9.17, 15) is 9.59 Å². The summed E-state index contributed by atoms with van der Waals surface area (Å²) in [4.78, 5) is 22.1. The zero-order valence-electron chi connectivity index (χ0n) is 9.42. The van der Waals surface area contributed by atoms with E-state index in [0.29, 0.717) is 24.2 Å². The van der Waals surface area contributed by atoms with E-state index in [2.05, 4.69) is 14.0 Å². The van der Waals surface area contributed by atoms with Gasteiger partial charge < -0.3 is 10.4 Å². The summed E-state index contributed by atoms with van der Waals surface area (Å²) in [6.45, 7) is 0.346. The summed E-state index contributed by atoms with van der Waals surface area (Å²) in [5.41, 5.74) is 1.96. The first-order valence-corrected chi connectivity index (χ1v) is 6.12. The van der Waals surface area contributed by atoms with Gasteiger partial charge in [-0.2, -0.15) is 8.73 Å². The largest absolute Gasteiger partial charge is 0.481 e. The zero-order valence-corrected chi connectivity index (χ0v) is 10.2. The molecule has 94 valence electrons. The molecule has 0 saturated carbocycles. The van der Waals surface area contributed by atoms with E-state index in [-0.39, 0.29) is 12.3 Å². The summed E-state index contributed by atoms with van der Waals surface area (Å²) in [6, 6.07) is 5.09. The fourth-order valence-corrected chi connectivity index (χ4v) is 1.98. The molecule has 18 heavy (non-hydrogen) atoms. The fourth-order valence-electron chi connectivity index (χ4n) is 1.47. The number of carbonyl (C=O) groups excluding carboxylic acids is 1. The normalized spacial score (nSPS) is 11.8. The second-order valence-corrected chi connectivity index (χ2v) is 4.25. The van der Waals surface area contributed by atoms with Gasteiger partial charge in [-0.25, -0.2) is 0 Å². The third-order valence-corrected chi connectivity index (χ3v) is 2.93. The number of carboxylic acids is 1. The Labute approximate surface area is 107 Å². The maximum Gasteiger partial charge on any atom is 0.303 e. The number of nitrogens with zero attached hydrogens (tertiary/aromatic N) is 2. The molecule has 0 aromatic heterocycles. The van der Waals surface area contributed by atoms with E-state index in [1.807, 2.05) is 0 Å². The number of carbonyl (C=O) groups is 2. The molecule has 0 unspecified atom stereocenters. The average molecular weight is 265 g/mol. The van der Waals surface area contributed by atoms with Crippen molar-refractivity contribution in [3.05, 3.63) is 23.8 Å². The molecule has 1 aliphatic rings. The van der Waals surface area contributed by atoms with Crippen LogP contribution in [0.2, 0.25) is 0 Å². The number of fused-ring (bicyclic) bond motifs is 1. The molecule has 2 rings (SSSR count). The van der Waals surface area contributed by atoms with Crippen LogP contribution in [0.15, 0.2) is 26.9 Å². The summed E-state index contributed by atoms with van der Waals surface area (Å²) in [6.07, 6.45) is 0.469. The first-order chi connectivity index (χ1) is 8.66. The zero-order chi connectivity index (χ0) is 13.0. The molecule has 0 radical (unpaired) electrons. The number of hydrogen-bond donors (Lipinski definition) is 2. The molecule has 1 aromatic carbocycles. The van der Waals surface area contributed by atoms with Crippen LogP contribution in [0.1, 0.15) is 23.2 Å². The second-order valence-electron chi connectivity index (χ2n) is 3.72. The molecule has 2 N–H and O–H groups in total. The number of hydrogen-bond acceptors (Lipinski definition) is 4.